The Balaban J connectivity index is 0.000000196. The summed E-state index contributed by atoms with van der Waals surface area (Å²) in [6.07, 6.45) is 5.15. The van der Waals surface area contributed by atoms with E-state index in [9.17, 15) is 14.7 Å². The highest BCUT2D eigenvalue weighted by Gasteiger charge is 2.52. The van der Waals surface area contributed by atoms with E-state index >= 15 is 0 Å². The number of ether oxygens (including phenoxy) is 1. The number of amides is 1. The van der Waals surface area contributed by atoms with Crippen molar-refractivity contribution in [3.63, 3.8) is 0 Å². The molecule has 6 heteroatoms. The third kappa shape index (κ3) is 5.06. The van der Waals surface area contributed by atoms with Gasteiger partial charge in [-0.25, -0.2) is 4.98 Å². The first-order valence-corrected chi connectivity index (χ1v) is 11.0. The summed E-state index contributed by atoms with van der Waals surface area (Å²) in [5, 5.41) is 11.8. The summed E-state index contributed by atoms with van der Waals surface area (Å²) in [6, 6.07) is 12.2. The number of nitrogens with one attached hydrogen (secondary N) is 1. The fourth-order valence-electron chi connectivity index (χ4n) is 4.93. The van der Waals surface area contributed by atoms with Gasteiger partial charge >= 0.3 is 5.97 Å². The minimum Gasteiger partial charge on any atom is -0.505 e. The van der Waals surface area contributed by atoms with E-state index in [0.29, 0.717) is 23.3 Å². The van der Waals surface area contributed by atoms with Crippen molar-refractivity contribution < 1.29 is 19.4 Å². The second kappa shape index (κ2) is 9.94. The molecule has 2 fully saturated rings. The molecule has 1 aromatic heterocycles. The van der Waals surface area contributed by atoms with E-state index < -0.39 is 0 Å². The Kier molecular flexibility index (Phi) is 7.31. The fraction of sp³-hybridized carbons (Fsp3) is 0.480. The number of pyridine rings is 1. The Morgan fingerprint density at radius 2 is 1.81 bits per heavy atom. The van der Waals surface area contributed by atoms with Gasteiger partial charge in [0, 0.05) is 19.2 Å². The maximum Gasteiger partial charge on any atom is 0.310 e. The molecule has 1 aromatic carbocycles. The maximum absolute atomic E-state index is 12.4. The lowest BCUT2D eigenvalue weighted by atomic mass is 9.75. The molecule has 2 N–H and O–H groups in total. The van der Waals surface area contributed by atoms with Crippen LogP contribution in [0.5, 0.6) is 5.75 Å². The highest BCUT2D eigenvalue weighted by molar-refractivity contribution is 5.94. The van der Waals surface area contributed by atoms with Crippen LogP contribution in [0.1, 0.15) is 60.6 Å². The number of aromatic nitrogens is 1. The van der Waals surface area contributed by atoms with E-state index in [4.69, 9.17) is 4.74 Å². The number of fused-ring (bicyclic) bond motifs is 2. The van der Waals surface area contributed by atoms with Gasteiger partial charge in [-0.05, 0) is 69.1 Å². The number of aryl methyl sites for hydroxylation is 1. The van der Waals surface area contributed by atoms with Gasteiger partial charge in [0.25, 0.3) is 5.91 Å². The largest absolute Gasteiger partial charge is 0.505 e. The molecule has 31 heavy (non-hydrogen) atoms. The van der Waals surface area contributed by atoms with Gasteiger partial charge in [0.2, 0.25) is 0 Å². The Labute approximate surface area is 184 Å². The normalized spacial score (nSPS) is 23.8. The van der Waals surface area contributed by atoms with Crippen molar-refractivity contribution >= 4 is 11.9 Å². The summed E-state index contributed by atoms with van der Waals surface area (Å²) in [6.45, 7) is 5.58. The Morgan fingerprint density at radius 3 is 2.45 bits per heavy atom. The summed E-state index contributed by atoms with van der Waals surface area (Å²) in [4.78, 5) is 27.2. The predicted molar refractivity (Wildman–Crippen MR) is 119 cm³/mol. The highest BCUT2D eigenvalue weighted by atomic mass is 16.5. The highest BCUT2D eigenvalue weighted by Crippen LogP contribution is 2.57. The van der Waals surface area contributed by atoms with E-state index in [2.05, 4.69) is 34.6 Å². The molecule has 2 saturated carbocycles. The van der Waals surface area contributed by atoms with Gasteiger partial charge in [-0.1, -0.05) is 30.3 Å². The molecular formula is C25H32N2O4. The Bertz CT molecular complexity index is 913. The van der Waals surface area contributed by atoms with Gasteiger partial charge in [0.15, 0.2) is 5.69 Å². The molecule has 2 unspecified atom stereocenters. The van der Waals surface area contributed by atoms with Crippen LogP contribution in [0.2, 0.25) is 0 Å². The molecule has 0 saturated heterocycles. The van der Waals surface area contributed by atoms with Crippen LogP contribution in [-0.4, -0.2) is 35.1 Å². The molecule has 1 heterocycles. The lowest BCUT2D eigenvalue weighted by Gasteiger charge is -2.30. The minimum absolute atomic E-state index is 0.0111. The van der Waals surface area contributed by atoms with E-state index in [1.807, 2.05) is 19.9 Å². The van der Waals surface area contributed by atoms with Gasteiger partial charge in [0.05, 0.1) is 12.0 Å². The monoisotopic (exact) mass is 424 g/mol. The molecule has 4 atom stereocenters. The average Bonchev–Trinajstić information content (AvgIpc) is 3.37. The van der Waals surface area contributed by atoms with Crippen molar-refractivity contribution in [1.82, 2.24) is 10.3 Å². The Hall–Kier alpha value is -2.89. The molecule has 0 radical (unpaired) electrons. The lowest BCUT2D eigenvalue weighted by Crippen LogP contribution is -2.31. The average molecular weight is 425 g/mol. The molecule has 0 aliphatic heterocycles. The van der Waals surface area contributed by atoms with Crippen molar-refractivity contribution in [2.24, 2.45) is 17.8 Å². The van der Waals surface area contributed by atoms with Crippen LogP contribution in [0, 0.1) is 24.7 Å². The standard InChI is InChI=1S/C17H22O2.C8H10N2O2/c1-11(2)19-17(18)16-14-9-8-13(10-14)15(16)12-6-4-3-5-7-12;1-5-3-4-10-6(7(5)11)8(12)9-2/h3-7,11,13-16H,8-10H2,1-2H3;3-4,11H,1-2H3,(H,9,12)/t13?,14?,15-,16-;/m1./s1. The quantitative estimate of drug-likeness (QED) is 0.718. The van der Waals surface area contributed by atoms with Crippen LogP contribution in [0.25, 0.3) is 0 Å². The molecule has 2 aliphatic rings. The second-order valence-electron chi connectivity index (χ2n) is 8.69. The number of rotatable bonds is 4. The summed E-state index contributed by atoms with van der Waals surface area (Å²) >= 11 is 0. The van der Waals surface area contributed by atoms with E-state index in [0.717, 1.165) is 0 Å². The minimum atomic E-state index is -0.379. The number of aromatic hydroxyl groups is 1. The predicted octanol–water partition coefficient (Wildman–Crippen LogP) is 4.22. The summed E-state index contributed by atoms with van der Waals surface area (Å²) in [5.41, 5.74) is 2.03. The zero-order valence-corrected chi connectivity index (χ0v) is 18.7. The van der Waals surface area contributed by atoms with E-state index in [-0.39, 0.29) is 35.3 Å². The molecular weight excluding hydrogens is 392 g/mol. The summed E-state index contributed by atoms with van der Waals surface area (Å²) in [5.74, 6) is 1.28. The number of hydrogen-bond donors (Lipinski definition) is 2. The smallest absolute Gasteiger partial charge is 0.310 e. The molecule has 2 bridgehead atoms. The number of carbonyl (C=O) groups is 2. The van der Waals surface area contributed by atoms with Crippen LogP contribution in [-0.2, 0) is 9.53 Å². The van der Waals surface area contributed by atoms with Crippen molar-refractivity contribution in [3.8, 4) is 5.75 Å². The molecule has 4 rings (SSSR count). The molecule has 2 aromatic rings. The van der Waals surface area contributed by atoms with Crippen LogP contribution >= 0.6 is 0 Å². The number of esters is 1. The topological polar surface area (TPSA) is 88.5 Å². The summed E-state index contributed by atoms with van der Waals surface area (Å²) < 4.78 is 5.50. The molecule has 6 nitrogen and oxygen atoms in total. The Morgan fingerprint density at radius 1 is 1.13 bits per heavy atom. The van der Waals surface area contributed by atoms with Crippen molar-refractivity contribution in [2.45, 2.75) is 52.1 Å². The molecule has 166 valence electrons. The lowest BCUT2D eigenvalue weighted by molar-refractivity contribution is -0.155. The second-order valence-corrected chi connectivity index (χ2v) is 8.69. The zero-order valence-electron chi connectivity index (χ0n) is 18.7. The third-order valence-corrected chi connectivity index (χ3v) is 6.29. The first kappa shape index (κ1) is 22.8. The maximum atomic E-state index is 12.4. The first-order valence-electron chi connectivity index (χ1n) is 11.0. The van der Waals surface area contributed by atoms with Crippen LogP contribution in [0.3, 0.4) is 0 Å². The first-order chi connectivity index (χ1) is 14.8. The van der Waals surface area contributed by atoms with Crippen molar-refractivity contribution in [1.29, 1.82) is 0 Å². The van der Waals surface area contributed by atoms with Gasteiger partial charge in [0.1, 0.15) is 5.75 Å². The number of nitrogens with zero attached hydrogens (tertiary/aromatic N) is 1. The molecule has 0 spiro atoms. The van der Waals surface area contributed by atoms with Gasteiger partial charge in [-0.2, -0.15) is 0 Å². The number of benzene rings is 1. The van der Waals surface area contributed by atoms with Gasteiger partial charge < -0.3 is 15.2 Å². The van der Waals surface area contributed by atoms with E-state index in [1.54, 1.807) is 13.0 Å². The summed E-state index contributed by atoms with van der Waals surface area (Å²) in [7, 11) is 1.49. The number of hydrogen-bond acceptors (Lipinski definition) is 5. The third-order valence-electron chi connectivity index (χ3n) is 6.29. The van der Waals surface area contributed by atoms with E-state index in [1.165, 1.54) is 38.1 Å². The van der Waals surface area contributed by atoms with Crippen LogP contribution < -0.4 is 5.32 Å². The van der Waals surface area contributed by atoms with Crippen molar-refractivity contribution in [2.75, 3.05) is 7.05 Å². The van der Waals surface area contributed by atoms with Crippen LogP contribution in [0.4, 0.5) is 0 Å². The number of carbonyl (C=O) groups excluding carboxylic acids is 2. The zero-order chi connectivity index (χ0) is 22.5. The molecule has 1 amide bonds. The SMILES string of the molecule is CC(C)OC(=O)[C@@H]1C2CCC(C2)[C@H]1c1ccccc1.CNC(=O)c1nccc(C)c1O. The van der Waals surface area contributed by atoms with Gasteiger partial charge in [-0.3, -0.25) is 9.59 Å². The fourth-order valence-corrected chi connectivity index (χ4v) is 4.93. The molecule has 2 aliphatic carbocycles. The van der Waals surface area contributed by atoms with Gasteiger partial charge in [-0.15, -0.1) is 0 Å². The van der Waals surface area contributed by atoms with Crippen LogP contribution in [0.15, 0.2) is 42.6 Å². The van der Waals surface area contributed by atoms with Crippen molar-refractivity contribution in [3.05, 3.63) is 59.4 Å².